The van der Waals surface area contributed by atoms with Gasteiger partial charge in [-0.2, -0.15) is 0 Å². The van der Waals surface area contributed by atoms with Crippen molar-refractivity contribution >= 4 is 34.0 Å². The maximum atomic E-state index is 13.6. The maximum Gasteiger partial charge on any atom is 0.217 e. The highest BCUT2D eigenvalue weighted by atomic mass is 16.5. The number of unbranched alkanes of at least 4 members (excludes halogenated alkanes) is 1. The van der Waals surface area contributed by atoms with Crippen LogP contribution in [0, 0.1) is 0 Å². The zero-order chi connectivity index (χ0) is 25.8. The van der Waals surface area contributed by atoms with E-state index in [1.807, 2.05) is 30.3 Å². The van der Waals surface area contributed by atoms with Crippen molar-refractivity contribution in [3.8, 4) is 17.2 Å². The number of fused-ring (bicyclic) bond motifs is 1. The third-order valence-electron chi connectivity index (χ3n) is 5.81. The Morgan fingerprint density at radius 3 is 2.31 bits per heavy atom. The Balaban J connectivity index is 1.72. The Bertz CT molecular complexity index is 1410. The Morgan fingerprint density at radius 2 is 1.64 bits per heavy atom. The Labute approximate surface area is 207 Å². The van der Waals surface area contributed by atoms with E-state index in [1.54, 1.807) is 0 Å². The summed E-state index contributed by atoms with van der Waals surface area (Å²) < 4.78 is 11.8. The molecular formula is C27H27N3O6. The summed E-state index contributed by atoms with van der Waals surface area (Å²) in [5.41, 5.74) is 18.4. The second-order valence-corrected chi connectivity index (χ2v) is 8.50. The lowest BCUT2D eigenvalue weighted by Gasteiger charge is -2.09. The number of carbonyl (C=O) groups excluding carboxylic acids is 2. The first-order chi connectivity index (χ1) is 17.2. The summed E-state index contributed by atoms with van der Waals surface area (Å²) >= 11 is 0. The number of phenols is 2. The van der Waals surface area contributed by atoms with Crippen LogP contribution in [0.1, 0.15) is 46.5 Å². The smallest absolute Gasteiger partial charge is 0.217 e. The molecule has 8 N–H and O–H groups in total. The average Bonchev–Trinajstić information content (AvgIpc) is 3.20. The molecule has 0 unspecified atom stereocenters. The molecule has 0 aliphatic heterocycles. The predicted octanol–water partition coefficient (Wildman–Crippen LogP) is 4.02. The van der Waals surface area contributed by atoms with Crippen LogP contribution in [0.2, 0.25) is 0 Å². The lowest BCUT2D eigenvalue weighted by atomic mass is 9.97. The number of anilines is 2. The number of primary amides is 1. The molecule has 0 saturated carbocycles. The average molecular weight is 490 g/mol. The van der Waals surface area contributed by atoms with Gasteiger partial charge >= 0.3 is 0 Å². The first-order valence-electron chi connectivity index (χ1n) is 11.4. The van der Waals surface area contributed by atoms with Gasteiger partial charge in [0.15, 0.2) is 23.0 Å². The Kier molecular flexibility index (Phi) is 7.00. The van der Waals surface area contributed by atoms with Crippen LogP contribution in [0.4, 0.5) is 11.4 Å². The molecule has 9 nitrogen and oxygen atoms in total. The molecule has 4 aromatic rings. The van der Waals surface area contributed by atoms with Gasteiger partial charge in [-0.05, 0) is 36.6 Å². The minimum atomic E-state index is -0.436. The number of furan rings is 1. The molecule has 1 aromatic heterocycles. The van der Waals surface area contributed by atoms with E-state index >= 15 is 0 Å². The number of phenolic OH excluding ortho intramolecular Hbond substituents is 2. The van der Waals surface area contributed by atoms with Gasteiger partial charge in [-0.3, -0.25) is 9.59 Å². The van der Waals surface area contributed by atoms with Crippen LogP contribution in [-0.2, 0) is 17.8 Å². The second-order valence-electron chi connectivity index (χ2n) is 8.50. The number of hydrogen-bond acceptors (Lipinski definition) is 8. The molecule has 0 saturated heterocycles. The molecule has 1 heterocycles. The van der Waals surface area contributed by atoms with E-state index in [0.717, 1.165) is 5.56 Å². The van der Waals surface area contributed by atoms with E-state index in [1.165, 1.54) is 24.3 Å². The number of aryl methyl sites for hydroxylation is 1. The highest BCUT2D eigenvalue weighted by Crippen LogP contribution is 2.39. The third kappa shape index (κ3) is 5.20. The summed E-state index contributed by atoms with van der Waals surface area (Å²) in [6.45, 7) is 0.235. The van der Waals surface area contributed by atoms with Crippen LogP contribution in [0.3, 0.4) is 0 Å². The van der Waals surface area contributed by atoms with Crippen molar-refractivity contribution in [3.63, 3.8) is 0 Å². The SMILES string of the molecule is NC(=O)CCCCc1oc2cc(OCc3ccccc3)c(O)cc2c1C(=O)c1cc(N)c(O)c(N)c1. The van der Waals surface area contributed by atoms with Crippen molar-refractivity contribution < 1.29 is 29.0 Å². The van der Waals surface area contributed by atoms with Gasteiger partial charge in [-0.25, -0.2) is 0 Å². The molecule has 3 aromatic carbocycles. The van der Waals surface area contributed by atoms with Crippen molar-refractivity contribution in [1.29, 1.82) is 0 Å². The molecule has 9 heteroatoms. The van der Waals surface area contributed by atoms with Crippen molar-refractivity contribution in [2.75, 3.05) is 11.5 Å². The minimum absolute atomic E-state index is 0.0337. The lowest BCUT2D eigenvalue weighted by molar-refractivity contribution is -0.118. The number of nitrogens with two attached hydrogens (primary N) is 3. The number of carbonyl (C=O) groups is 2. The van der Waals surface area contributed by atoms with Gasteiger partial charge < -0.3 is 36.6 Å². The fourth-order valence-corrected chi connectivity index (χ4v) is 3.98. The molecule has 1 amide bonds. The molecule has 4 rings (SSSR count). The van der Waals surface area contributed by atoms with E-state index < -0.39 is 11.7 Å². The predicted molar refractivity (Wildman–Crippen MR) is 136 cm³/mol. The Morgan fingerprint density at radius 1 is 0.944 bits per heavy atom. The molecule has 36 heavy (non-hydrogen) atoms. The van der Waals surface area contributed by atoms with Gasteiger partial charge in [0.25, 0.3) is 0 Å². The number of nitrogen functional groups attached to an aromatic ring is 2. The zero-order valence-corrected chi connectivity index (χ0v) is 19.5. The highest BCUT2D eigenvalue weighted by Gasteiger charge is 2.25. The first-order valence-corrected chi connectivity index (χ1v) is 11.4. The number of ketones is 1. The van der Waals surface area contributed by atoms with Crippen molar-refractivity contribution in [2.45, 2.75) is 32.3 Å². The molecule has 0 aliphatic carbocycles. The summed E-state index contributed by atoms with van der Waals surface area (Å²) in [7, 11) is 0. The summed E-state index contributed by atoms with van der Waals surface area (Å²) in [4.78, 5) is 24.7. The van der Waals surface area contributed by atoms with Crippen LogP contribution in [0.25, 0.3) is 11.0 Å². The number of benzene rings is 3. The van der Waals surface area contributed by atoms with Gasteiger partial charge in [0.2, 0.25) is 5.91 Å². The van der Waals surface area contributed by atoms with Gasteiger partial charge in [0, 0.05) is 29.9 Å². The highest BCUT2D eigenvalue weighted by molar-refractivity contribution is 6.18. The fraction of sp³-hybridized carbons (Fsp3) is 0.185. The maximum absolute atomic E-state index is 13.6. The van der Waals surface area contributed by atoms with Crippen LogP contribution < -0.4 is 21.9 Å². The number of aromatic hydroxyl groups is 2. The molecule has 0 fully saturated rings. The second kappa shape index (κ2) is 10.3. The Hall–Kier alpha value is -4.66. The summed E-state index contributed by atoms with van der Waals surface area (Å²) in [5.74, 6) is -0.710. The quantitative estimate of drug-likeness (QED) is 0.0960. The molecule has 0 spiro atoms. The van der Waals surface area contributed by atoms with E-state index in [0.29, 0.717) is 36.0 Å². The van der Waals surface area contributed by atoms with Crippen LogP contribution in [0.15, 0.2) is 59.0 Å². The molecular weight excluding hydrogens is 462 g/mol. The molecule has 0 aliphatic rings. The van der Waals surface area contributed by atoms with E-state index in [4.69, 9.17) is 26.4 Å². The topological polar surface area (TPSA) is 175 Å². The van der Waals surface area contributed by atoms with Gasteiger partial charge in [0.05, 0.1) is 16.9 Å². The van der Waals surface area contributed by atoms with Crippen molar-refractivity contribution in [2.24, 2.45) is 5.73 Å². The molecule has 0 bridgehead atoms. The monoisotopic (exact) mass is 489 g/mol. The molecule has 0 atom stereocenters. The minimum Gasteiger partial charge on any atom is -0.504 e. The van der Waals surface area contributed by atoms with Gasteiger partial charge in [0.1, 0.15) is 18.0 Å². The number of hydrogen-bond donors (Lipinski definition) is 5. The lowest BCUT2D eigenvalue weighted by Crippen LogP contribution is -2.10. The summed E-state index contributed by atoms with van der Waals surface area (Å²) in [6, 6.07) is 15.1. The van der Waals surface area contributed by atoms with Gasteiger partial charge in [-0.1, -0.05) is 30.3 Å². The molecule has 0 radical (unpaired) electrons. The fourth-order valence-electron chi connectivity index (χ4n) is 3.98. The van der Waals surface area contributed by atoms with Crippen molar-refractivity contribution in [3.05, 3.63) is 77.0 Å². The summed E-state index contributed by atoms with van der Waals surface area (Å²) in [6.07, 6.45) is 1.64. The first kappa shape index (κ1) is 24.5. The normalized spacial score (nSPS) is 11.0. The van der Waals surface area contributed by atoms with Crippen LogP contribution >= 0.6 is 0 Å². The van der Waals surface area contributed by atoms with Crippen molar-refractivity contribution in [1.82, 2.24) is 0 Å². The number of amides is 1. The zero-order valence-electron chi connectivity index (χ0n) is 19.5. The summed E-state index contributed by atoms with van der Waals surface area (Å²) in [5, 5.41) is 21.0. The van der Waals surface area contributed by atoms with Gasteiger partial charge in [-0.15, -0.1) is 0 Å². The third-order valence-corrected chi connectivity index (χ3v) is 5.81. The number of ether oxygens (including phenoxy) is 1. The number of rotatable bonds is 10. The van der Waals surface area contributed by atoms with Crippen LogP contribution in [-0.4, -0.2) is 21.9 Å². The molecule has 186 valence electrons. The van der Waals surface area contributed by atoms with E-state index in [9.17, 15) is 19.8 Å². The largest absolute Gasteiger partial charge is 0.504 e. The van der Waals surface area contributed by atoms with E-state index in [2.05, 4.69) is 0 Å². The van der Waals surface area contributed by atoms with E-state index in [-0.39, 0.29) is 52.8 Å². The standard InChI is InChI=1S/C27H27N3O6/c28-18-10-16(11-19(29)27(18)34)26(33)25-17-12-20(31)23(35-14-15-6-2-1-3-7-15)13-22(17)36-21(25)8-4-5-9-24(30)32/h1-3,6-7,10-13,31,34H,4-5,8-9,14,28-29H2,(H2,30,32). The van der Waals surface area contributed by atoms with Crippen LogP contribution in [0.5, 0.6) is 17.2 Å².